The van der Waals surface area contributed by atoms with Gasteiger partial charge in [0.25, 0.3) is 0 Å². The lowest BCUT2D eigenvalue weighted by molar-refractivity contribution is -0.162. The first-order valence-corrected chi connectivity index (χ1v) is 5.06. The molecule has 4 heteroatoms. The van der Waals surface area contributed by atoms with E-state index in [1.807, 2.05) is 0 Å². The Morgan fingerprint density at radius 3 is 2.79 bits per heavy atom. The van der Waals surface area contributed by atoms with Crippen LogP contribution in [0, 0.1) is 17.8 Å². The van der Waals surface area contributed by atoms with Crippen LogP contribution >= 0.6 is 0 Å². The van der Waals surface area contributed by atoms with Gasteiger partial charge in [0, 0.05) is 7.11 Å². The summed E-state index contributed by atoms with van der Waals surface area (Å²) in [6.45, 7) is 0.0167. The second-order valence-corrected chi connectivity index (χ2v) is 4.28. The fraction of sp³-hybridized carbons (Fsp3) is 0.900. The van der Waals surface area contributed by atoms with Gasteiger partial charge in [-0.15, -0.1) is 0 Å². The number of ether oxygens (including phenoxy) is 2. The Hall–Kier alpha value is -0.610. The molecule has 0 amide bonds. The van der Waals surface area contributed by atoms with Gasteiger partial charge in [0.1, 0.15) is 0 Å². The fourth-order valence-electron chi connectivity index (χ4n) is 2.81. The lowest BCUT2D eigenvalue weighted by Gasteiger charge is -2.24. The summed E-state index contributed by atoms with van der Waals surface area (Å²) in [5.74, 6) is 0.344. The number of aliphatic hydroxyl groups is 1. The number of hydrogen-bond acceptors (Lipinski definition) is 4. The van der Waals surface area contributed by atoms with Gasteiger partial charge in [-0.25, -0.2) is 0 Å². The molecule has 2 aliphatic carbocycles. The number of aliphatic hydroxyl groups excluding tert-OH is 1. The molecule has 0 aliphatic heterocycles. The maximum atomic E-state index is 11.5. The van der Waals surface area contributed by atoms with Gasteiger partial charge < -0.3 is 14.6 Å². The summed E-state index contributed by atoms with van der Waals surface area (Å²) >= 11 is 0. The van der Waals surface area contributed by atoms with Crippen molar-refractivity contribution in [2.24, 2.45) is 17.8 Å². The van der Waals surface area contributed by atoms with Gasteiger partial charge in [-0.05, 0) is 31.1 Å². The van der Waals surface area contributed by atoms with Crippen molar-refractivity contribution in [3.8, 4) is 0 Å². The molecule has 0 spiro atoms. The Balaban J connectivity index is 1.90. The van der Waals surface area contributed by atoms with Gasteiger partial charge in [-0.2, -0.15) is 0 Å². The molecular formula is C10H16O4. The van der Waals surface area contributed by atoms with E-state index in [0.29, 0.717) is 5.92 Å². The predicted octanol–water partition coefficient (Wildman–Crippen LogP) is 0.540. The van der Waals surface area contributed by atoms with Crippen LogP contribution in [0.5, 0.6) is 0 Å². The highest BCUT2D eigenvalue weighted by molar-refractivity contribution is 5.73. The summed E-state index contributed by atoms with van der Waals surface area (Å²) in [5, 5.41) is 9.63. The molecule has 2 rings (SSSR count). The Kier molecular flexibility index (Phi) is 2.74. The molecule has 4 nitrogen and oxygen atoms in total. The summed E-state index contributed by atoms with van der Waals surface area (Å²) in [4.78, 5) is 11.5. The summed E-state index contributed by atoms with van der Waals surface area (Å²) in [7, 11) is 1.49. The topological polar surface area (TPSA) is 55.8 Å². The number of carbonyl (C=O) groups excluding carboxylic acids is 1. The second-order valence-electron chi connectivity index (χ2n) is 4.28. The zero-order valence-electron chi connectivity index (χ0n) is 8.31. The van der Waals surface area contributed by atoms with Crippen LogP contribution in [0.3, 0.4) is 0 Å². The van der Waals surface area contributed by atoms with E-state index in [1.165, 1.54) is 7.11 Å². The average Bonchev–Trinajstić information content (AvgIpc) is 2.72. The van der Waals surface area contributed by atoms with E-state index in [2.05, 4.69) is 4.74 Å². The predicted molar refractivity (Wildman–Crippen MR) is 48.3 cm³/mol. The van der Waals surface area contributed by atoms with E-state index in [-0.39, 0.29) is 30.7 Å². The summed E-state index contributed by atoms with van der Waals surface area (Å²) in [5.41, 5.74) is 0. The van der Waals surface area contributed by atoms with Gasteiger partial charge in [0.15, 0.2) is 6.79 Å². The fourth-order valence-corrected chi connectivity index (χ4v) is 2.81. The molecule has 0 heterocycles. The normalized spacial score (nSPS) is 40.1. The monoisotopic (exact) mass is 200 g/mol. The minimum absolute atomic E-state index is 0.0167. The second kappa shape index (κ2) is 3.87. The zero-order valence-corrected chi connectivity index (χ0v) is 8.31. The number of rotatable bonds is 3. The highest BCUT2D eigenvalue weighted by Gasteiger charge is 2.49. The number of fused-ring (bicyclic) bond motifs is 2. The third kappa shape index (κ3) is 1.64. The first-order chi connectivity index (χ1) is 6.72. The van der Waals surface area contributed by atoms with E-state index >= 15 is 0 Å². The van der Waals surface area contributed by atoms with Crippen LogP contribution in [-0.4, -0.2) is 31.1 Å². The van der Waals surface area contributed by atoms with Crippen LogP contribution < -0.4 is 0 Å². The molecule has 0 radical (unpaired) electrons. The smallest absolute Gasteiger partial charge is 0.311 e. The maximum Gasteiger partial charge on any atom is 0.311 e. The summed E-state index contributed by atoms with van der Waals surface area (Å²) < 4.78 is 9.58. The summed E-state index contributed by atoms with van der Waals surface area (Å²) in [6, 6.07) is 0. The molecule has 14 heavy (non-hydrogen) atoms. The molecule has 4 atom stereocenters. The standard InChI is InChI=1S/C10H16O4/c1-13-5-14-10(12)8-3-6-2-7(8)9(11)4-6/h6-9,11H,2-5H2,1H3. The van der Waals surface area contributed by atoms with E-state index in [4.69, 9.17) is 4.74 Å². The number of hydrogen-bond donors (Lipinski definition) is 1. The first-order valence-electron chi connectivity index (χ1n) is 5.06. The SMILES string of the molecule is COCOC(=O)C1CC2CC(O)C1C2. The number of esters is 1. The molecule has 2 saturated carbocycles. The van der Waals surface area contributed by atoms with Crippen LogP contribution in [0.25, 0.3) is 0 Å². The molecule has 0 aromatic carbocycles. The van der Waals surface area contributed by atoms with Crippen LogP contribution in [0.2, 0.25) is 0 Å². The third-order valence-corrected chi connectivity index (χ3v) is 3.40. The molecular weight excluding hydrogens is 184 g/mol. The van der Waals surface area contributed by atoms with Crippen LogP contribution in [0.4, 0.5) is 0 Å². The van der Waals surface area contributed by atoms with Gasteiger partial charge in [-0.3, -0.25) is 4.79 Å². The van der Waals surface area contributed by atoms with Crippen molar-refractivity contribution in [3.05, 3.63) is 0 Å². The van der Waals surface area contributed by atoms with Crippen molar-refractivity contribution in [2.45, 2.75) is 25.4 Å². The molecule has 2 aliphatic rings. The molecule has 0 saturated heterocycles. The minimum atomic E-state index is -0.297. The molecule has 4 unspecified atom stereocenters. The first kappa shape index (κ1) is 9.93. The van der Waals surface area contributed by atoms with Crippen molar-refractivity contribution in [2.75, 3.05) is 13.9 Å². The Labute approximate surface area is 83.2 Å². The molecule has 2 fully saturated rings. The van der Waals surface area contributed by atoms with Gasteiger partial charge in [0.05, 0.1) is 12.0 Å². The average molecular weight is 200 g/mol. The lowest BCUT2D eigenvalue weighted by atomic mass is 9.87. The van der Waals surface area contributed by atoms with E-state index < -0.39 is 0 Å². The Bertz CT molecular complexity index is 228. The molecule has 2 bridgehead atoms. The van der Waals surface area contributed by atoms with Crippen molar-refractivity contribution in [1.29, 1.82) is 0 Å². The largest absolute Gasteiger partial charge is 0.438 e. The highest BCUT2D eigenvalue weighted by Crippen LogP contribution is 2.48. The Morgan fingerprint density at radius 2 is 2.21 bits per heavy atom. The highest BCUT2D eigenvalue weighted by atomic mass is 16.7. The molecule has 0 aromatic heterocycles. The van der Waals surface area contributed by atoms with Gasteiger partial charge in [-0.1, -0.05) is 0 Å². The van der Waals surface area contributed by atoms with Crippen LogP contribution in [0.1, 0.15) is 19.3 Å². The van der Waals surface area contributed by atoms with E-state index in [9.17, 15) is 9.90 Å². The van der Waals surface area contributed by atoms with Gasteiger partial charge >= 0.3 is 5.97 Å². The molecule has 1 N–H and O–H groups in total. The van der Waals surface area contributed by atoms with Gasteiger partial charge in [0.2, 0.25) is 0 Å². The lowest BCUT2D eigenvalue weighted by Crippen LogP contribution is -2.31. The van der Waals surface area contributed by atoms with Crippen LogP contribution in [-0.2, 0) is 14.3 Å². The van der Waals surface area contributed by atoms with Crippen molar-refractivity contribution in [3.63, 3.8) is 0 Å². The zero-order chi connectivity index (χ0) is 10.1. The summed E-state index contributed by atoms with van der Waals surface area (Å²) in [6.07, 6.45) is 2.42. The van der Waals surface area contributed by atoms with Crippen molar-refractivity contribution >= 4 is 5.97 Å². The molecule has 0 aromatic rings. The minimum Gasteiger partial charge on any atom is -0.438 e. The van der Waals surface area contributed by atoms with E-state index in [0.717, 1.165) is 19.3 Å². The Morgan fingerprint density at radius 1 is 1.43 bits per heavy atom. The maximum absolute atomic E-state index is 11.5. The number of carbonyl (C=O) groups is 1. The third-order valence-electron chi connectivity index (χ3n) is 3.40. The van der Waals surface area contributed by atoms with Crippen molar-refractivity contribution in [1.82, 2.24) is 0 Å². The number of methoxy groups -OCH3 is 1. The van der Waals surface area contributed by atoms with Crippen LogP contribution in [0.15, 0.2) is 0 Å². The quantitative estimate of drug-likeness (QED) is 0.533. The van der Waals surface area contributed by atoms with E-state index in [1.54, 1.807) is 0 Å². The molecule has 80 valence electrons. The van der Waals surface area contributed by atoms with Crippen molar-refractivity contribution < 1.29 is 19.4 Å².